The summed E-state index contributed by atoms with van der Waals surface area (Å²) in [5.74, 6) is 0.407. The van der Waals surface area contributed by atoms with E-state index < -0.39 is 0 Å². The minimum Gasteiger partial charge on any atom is -0.451 e. The first-order valence-corrected chi connectivity index (χ1v) is 3.35. The third kappa shape index (κ3) is 1.36. The fourth-order valence-electron chi connectivity index (χ4n) is 0.728. The highest BCUT2D eigenvalue weighted by molar-refractivity contribution is 4.99. The van der Waals surface area contributed by atoms with Gasteiger partial charge in [-0.25, -0.2) is 4.98 Å². The Bertz CT molecular complexity index is 181. The summed E-state index contributed by atoms with van der Waals surface area (Å²) in [6, 6.07) is -0.00116. The first kappa shape index (κ1) is 7.28. The van der Waals surface area contributed by atoms with Crippen molar-refractivity contribution in [3.05, 3.63) is 18.4 Å². The monoisotopic (exact) mass is 140 g/mol. The van der Waals surface area contributed by atoms with Crippen molar-refractivity contribution in [2.24, 2.45) is 11.7 Å². The number of aromatic nitrogens is 1. The summed E-state index contributed by atoms with van der Waals surface area (Å²) in [4.78, 5) is 3.95. The normalized spacial score (nSPS) is 14.0. The van der Waals surface area contributed by atoms with Gasteiger partial charge >= 0.3 is 0 Å². The first-order valence-electron chi connectivity index (χ1n) is 3.35. The van der Waals surface area contributed by atoms with Crippen LogP contribution in [0.3, 0.4) is 0 Å². The lowest BCUT2D eigenvalue weighted by atomic mass is 10.0. The lowest BCUT2D eigenvalue weighted by molar-refractivity contribution is 0.497. The van der Waals surface area contributed by atoms with Gasteiger partial charge in [-0.05, 0) is 5.92 Å². The Kier molecular flexibility index (Phi) is 2.06. The van der Waals surface area contributed by atoms with E-state index in [9.17, 15) is 0 Å². The van der Waals surface area contributed by atoms with E-state index in [0.29, 0.717) is 5.92 Å². The van der Waals surface area contributed by atoms with E-state index in [2.05, 4.69) is 18.8 Å². The molecule has 3 heteroatoms. The van der Waals surface area contributed by atoms with E-state index in [1.54, 1.807) is 6.26 Å². The smallest absolute Gasteiger partial charge is 0.180 e. The molecule has 1 heterocycles. The summed E-state index contributed by atoms with van der Waals surface area (Å²) >= 11 is 0. The van der Waals surface area contributed by atoms with Gasteiger partial charge in [0.05, 0.1) is 11.7 Å². The highest BCUT2D eigenvalue weighted by atomic mass is 16.3. The molecule has 0 unspecified atom stereocenters. The molecule has 0 saturated carbocycles. The molecule has 0 aliphatic rings. The van der Waals surface area contributed by atoms with Gasteiger partial charge in [0.2, 0.25) is 0 Å². The number of nitrogens with zero attached hydrogens (tertiary/aromatic N) is 1. The van der Waals surface area contributed by atoms with Crippen molar-refractivity contribution < 1.29 is 4.42 Å². The number of oxazole rings is 1. The maximum atomic E-state index is 5.76. The molecular formula is C7H12N2O. The van der Waals surface area contributed by atoms with Crippen molar-refractivity contribution >= 4 is 0 Å². The predicted molar refractivity (Wildman–Crippen MR) is 38.3 cm³/mol. The summed E-state index contributed by atoms with van der Waals surface area (Å²) in [7, 11) is 0. The van der Waals surface area contributed by atoms with Crippen LogP contribution in [0.2, 0.25) is 0 Å². The standard InChI is InChI=1S/C7H12N2O/c1-5(2)7(8)6-3-10-4-9-6/h3-5,7H,8H2,1-2H3/t7-/m0/s1. The van der Waals surface area contributed by atoms with Crippen LogP contribution >= 0.6 is 0 Å². The molecule has 0 radical (unpaired) electrons. The fourth-order valence-corrected chi connectivity index (χ4v) is 0.728. The van der Waals surface area contributed by atoms with Crippen LogP contribution in [0.1, 0.15) is 25.6 Å². The summed E-state index contributed by atoms with van der Waals surface area (Å²) < 4.78 is 4.79. The lowest BCUT2D eigenvalue weighted by Gasteiger charge is -2.10. The summed E-state index contributed by atoms with van der Waals surface area (Å²) in [6.07, 6.45) is 2.99. The maximum Gasteiger partial charge on any atom is 0.180 e. The van der Waals surface area contributed by atoms with E-state index in [4.69, 9.17) is 10.2 Å². The molecule has 0 saturated heterocycles. The third-order valence-electron chi connectivity index (χ3n) is 1.51. The van der Waals surface area contributed by atoms with E-state index >= 15 is 0 Å². The minimum atomic E-state index is -0.00116. The second-order valence-electron chi connectivity index (χ2n) is 2.68. The van der Waals surface area contributed by atoms with Gasteiger partial charge in [0.25, 0.3) is 0 Å². The summed E-state index contributed by atoms with van der Waals surface area (Å²) in [5, 5.41) is 0. The Morgan fingerprint density at radius 2 is 2.30 bits per heavy atom. The zero-order chi connectivity index (χ0) is 7.56. The zero-order valence-corrected chi connectivity index (χ0v) is 6.24. The van der Waals surface area contributed by atoms with Gasteiger partial charge in [-0.3, -0.25) is 0 Å². The first-order chi connectivity index (χ1) is 4.72. The van der Waals surface area contributed by atoms with E-state index in [-0.39, 0.29) is 6.04 Å². The molecule has 0 aliphatic carbocycles. The molecule has 1 aromatic rings. The van der Waals surface area contributed by atoms with Crippen LogP contribution in [0, 0.1) is 5.92 Å². The quantitative estimate of drug-likeness (QED) is 0.674. The summed E-state index contributed by atoms with van der Waals surface area (Å²) in [5.41, 5.74) is 6.59. The van der Waals surface area contributed by atoms with Crippen LogP contribution in [-0.2, 0) is 0 Å². The zero-order valence-electron chi connectivity index (χ0n) is 6.24. The van der Waals surface area contributed by atoms with Crippen LogP contribution in [-0.4, -0.2) is 4.98 Å². The molecule has 2 N–H and O–H groups in total. The van der Waals surface area contributed by atoms with Gasteiger partial charge in [-0.1, -0.05) is 13.8 Å². The number of nitrogens with two attached hydrogens (primary N) is 1. The Hall–Kier alpha value is -0.830. The average Bonchev–Trinajstić information content (AvgIpc) is 2.36. The Morgan fingerprint density at radius 1 is 1.60 bits per heavy atom. The molecule has 0 amide bonds. The molecule has 56 valence electrons. The van der Waals surface area contributed by atoms with Crippen LogP contribution in [0.4, 0.5) is 0 Å². The molecule has 0 aliphatic heterocycles. The van der Waals surface area contributed by atoms with Gasteiger partial charge < -0.3 is 10.2 Å². The SMILES string of the molecule is CC(C)[C@H](N)c1cocn1. The Labute approximate surface area is 60.2 Å². The second kappa shape index (κ2) is 2.84. The van der Waals surface area contributed by atoms with Gasteiger partial charge in [0.15, 0.2) is 6.39 Å². The highest BCUT2D eigenvalue weighted by Crippen LogP contribution is 2.15. The van der Waals surface area contributed by atoms with E-state index in [0.717, 1.165) is 5.69 Å². The molecule has 1 rings (SSSR count). The largest absolute Gasteiger partial charge is 0.451 e. The van der Waals surface area contributed by atoms with Gasteiger partial charge in [-0.2, -0.15) is 0 Å². The lowest BCUT2D eigenvalue weighted by Crippen LogP contribution is -2.16. The third-order valence-corrected chi connectivity index (χ3v) is 1.51. The van der Waals surface area contributed by atoms with Crippen molar-refractivity contribution in [1.29, 1.82) is 0 Å². The number of hydrogen-bond acceptors (Lipinski definition) is 3. The molecule has 0 spiro atoms. The fraction of sp³-hybridized carbons (Fsp3) is 0.571. The molecule has 10 heavy (non-hydrogen) atoms. The molecular weight excluding hydrogens is 128 g/mol. The van der Waals surface area contributed by atoms with Crippen molar-refractivity contribution in [3.8, 4) is 0 Å². The minimum absolute atomic E-state index is 0.00116. The van der Waals surface area contributed by atoms with Crippen molar-refractivity contribution in [1.82, 2.24) is 4.98 Å². The topological polar surface area (TPSA) is 52.0 Å². The van der Waals surface area contributed by atoms with E-state index in [1.807, 2.05) is 0 Å². The molecule has 1 aromatic heterocycles. The molecule has 3 nitrogen and oxygen atoms in total. The molecule has 0 fully saturated rings. The number of rotatable bonds is 2. The van der Waals surface area contributed by atoms with Crippen molar-refractivity contribution in [2.45, 2.75) is 19.9 Å². The predicted octanol–water partition coefficient (Wildman–Crippen LogP) is 1.33. The van der Waals surface area contributed by atoms with Crippen LogP contribution in [0.5, 0.6) is 0 Å². The van der Waals surface area contributed by atoms with Crippen LogP contribution < -0.4 is 5.73 Å². The van der Waals surface area contributed by atoms with Gasteiger partial charge in [-0.15, -0.1) is 0 Å². The highest BCUT2D eigenvalue weighted by Gasteiger charge is 2.11. The maximum absolute atomic E-state index is 5.76. The second-order valence-corrected chi connectivity index (χ2v) is 2.68. The molecule has 1 atom stereocenters. The van der Waals surface area contributed by atoms with Crippen molar-refractivity contribution in [3.63, 3.8) is 0 Å². The molecule has 0 bridgehead atoms. The van der Waals surface area contributed by atoms with Gasteiger partial charge in [0, 0.05) is 0 Å². The van der Waals surface area contributed by atoms with E-state index in [1.165, 1.54) is 6.39 Å². The van der Waals surface area contributed by atoms with Crippen LogP contribution in [0.15, 0.2) is 17.1 Å². The Morgan fingerprint density at radius 3 is 2.70 bits per heavy atom. The van der Waals surface area contributed by atoms with Crippen molar-refractivity contribution in [2.75, 3.05) is 0 Å². The Balaban J connectivity index is 2.68. The summed E-state index contributed by atoms with van der Waals surface area (Å²) in [6.45, 7) is 4.11. The number of hydrogen-bond donors (Lipinski definition) is 1. The molecule has 0 aromatic carbocycles. The average molecular weight is 140 g/mol. The van der Waals surface area contributed by atoms with Gasteiger partial charge in [0.1, 0.15) is 6.26 Å². The van der Waals surface area contributed by atoms with Crippen LogP contribution in [0.25, 0.3) is 0 Å².